The number of benzene rings is 2. The van der Waals surface area contributed by atoms with Crippen molar-refractivity contribution in [2.45, 2.75) is 84.2 Å². The molecule has 0 spiro atoms. The zero-order chi connectivity index (χ0) is 31.0. The van der Waals surface area contributed by atoms with Crippen LogP contribution in [0.1, 0.15) is 88.3 Å². The van der Waals surface area contributed by atoms with E-state index in [9.17, 15) is 17.6 Å². The van der Waals surface area contributed by atoms with Crippen molar-refractivity contribution in [3.63, 3.8) is 0 Å². The van der Waals surface area contributed by atoms with E-state index in [4.69, 9.17) is 9.59 Å². The van der Waals surface area contributed by atoms with Crippen molar-refractivity contribution in [2.75, 3.05) is 37.6 Å². The minimum absolute atomic E-state index is 0.0823. The fourth-order valence-electron chi connectivity index (χ4n) is 5.39. The molecule has 8 heteroatoms. The molecular formula is C33H48F4N2O2. The first-order valence-electron chi connectivity index (χ1n) is 14.5. The van der Waals surface area contributed by atoms with E-state index >= 15 is 0 Å². The summed E-state index contributed by atoms with van der Waals surface area (Å²) in [7, 11) is 0. The molecule has 1 atom stereocenters. The van der Waals surface area contributed by atoms with Crippen molar-refractivity contribution in [2.24, 2.45) is 5.92 Å². The number of likely N-dealkylation sites (tertiary alicyclic amines) is 1. The summed E-state index contributed by atoms with van der Waals surface area (Å²) < 4.78 is 52.8. The van der Waals surface area contributed by atoms with Gasteiger partial charge < -0.3 is 19.4 Å². The molecule has 2 saturated heterocycles. The molecule has 0 saturated carbocycles. The van der Waals surface area contributed by atoms with Crippen molar-refractivity contribution in [1.82, 2.24) is 4.90 Å². The standard InChI is InChI=1S/C23H36F2N2.C8H8F2.2CH2O/c1-4-18(3)20-7-6-8-21(24)22(20)27-13-9-19(10-14-27)17-26-15-11-23(25,5-2)12-16-26;1-6-2-4-7(5-3-6)8(9)10;2*1-2/h6-8,18-19H,4-5,9-17H2,1-3H3;2-5,8H,1H3;2*1H2. The van der Waals surface area contributed by atoms with Gasteiger partial charge in [-0.05, 0) is 68.9 Å². The number of alkyl halides is 3. The maximum atomic E-state index is 14.6. The van der Waals surface area contributed by atoms with Crippen LogP contribution in [-0.2, 0) is 9.59 Å². The molecule has 2 aromatic rings. The van der Waals surface area contributed by atoms with E-state index in [1.165, 1.54) is 12.1 Å². The van der Waals surface area contributed by atoms with Crippen molar-refractivity contribution < 1.29 is 27.2 Å². The van der Waals surface area contributed by atoms with Gasteiger partial charge in [-0.15, -0.1) is 0 Å². The van der Waals surface area contributed by atoms with Gasteiger partial charge in [-0.25, -0.2) is 17.6 Å². The van der Waals surface area contributed by atoms with Gasteiger partial charge in [0, 0.05) is 38.3 Å². The van der Waals surface area contributed by atoms with Crippen LogP contribution in [0, 0.1) is 18.7 Å². The summed E-state index contributed by atoms with van der Waals surface area (Å²) in [6.45, 7) is 16.9. The van der Waals surface area contributed by atoms with Crippen LogP contribution >= 0.6 is 0 Å². The predicted molar refractivity (Wildman–Crippen MR) is 160 cm³/mol. The number of piperidine rings is 2. The molecule has 4 rings (SSSR count). The van der Waals surface area contributed by atoms with Crippen LogP contribution in [0.4, 0.5) is 23.2 Å². The second-order valence-electron chi connectivity index (χ2n) is 10.9. The summed E-state index contributed by atoms with van der Waals surface area (Å²) in [6, 6.07) is 11.8. The number of hydrogen-bond acceptors (Lipinski definition) is 4. The van der Waals surface area contributed by atoms with E-state index in [2.05, 4.69) is 29.7 Å². The second kappa shape index (κ2) is 18.6. The predicted octanol–water partition coefficient (Wildman–Crippen LogP) is 8.33. The van der Waals surface area contributed by atoms with E-state index in [-0.39, 0.29) is 11.4 Å². The SMILES string of the molecule is C=O.C=O.CCC(C)c1cccc(F)c1N1CCC(CN2CCC(F)(CC)CC2)CC1.Cc1ccc(C(F)F)cc1. The van der Waals surface area contributed by atoms with Gasteiger partial charge in [0.1, 0.15) is 25.1 Å². The Labute approximate surface area is 244 Å². The summed E-state index contributed by atoms with van der Waals surface area (Å²) in [6.07, 6.45) is 2.86. The van der Waals surface area contributed by atoms with Crippen LogP contribution < -0.4 is 4.90 Å². The van der Waals surface area contributed by atoms with Crippen molar-refractivity contribution in [1.29, 1.82) is 0 Å². The monoisotopic (exact) mass is 580 g/mol. The van der Waals surface area contributed by atoms with Gasteiger partial charge in [0.25, 0.3) is 6.43 Å². The summed E-state index contributed by atoms with van der Waals surface area (Å²) in [5, 5.41) is 0. The largest absolute Gasteiger partial charge is 0.369 e. The van der Waals surface area contributed by atoms with Crippen LogP contribution in [0.15, 0.2) is 42.5 Å². The number of nitrogens with zero attached hydrogens (tertiary/aromatic N) is 2. The van der Waals surface area contributed by atoms with E-state index in [1.807, 2.05) is 33.5 Å². The first kappa shape index (κ1) is 36.3. The topological polar surface area (TPSA) is 40.6 Å². The number of carbonyl (C=O) groups excluding carboxylic acids is 2. The minimum Gasteiger partial charge on any atom is -0.369 e. The molecule has 2 aromatic carbocycles. The summed E-state index contributed by atoms with van der Waals surface area (Å²) >= 11 is 0. The van der Waals surface area contributed by atoms with Crippen molar-refractivity contribution in [3.05, 3.63) is 65.0 Å². The first-order valence-corrected chi connectivity index (χ1v) is 14.5. The van der Waals surface area contributed by atoms with E-state index in [0.29, 0.717) is 31.1 Å². The summed E-state index contributed by atoms with van der Waals surface area (Å²) in [4.78, 5) is 20.7. The summed E-state index contributed by atoms with van der Waals surface area (Å²) in [5.41, 5.74) is 2.13. The van der Waals surface area contributed by atoms with Crippen LogP contribution in [0.5, 0.6) is 0 Å². The van der Waals surface area contributed by atoms with Crippen molar-refractivity contribution >= 4 is 19.3 Å². The number of carbonyl (C=O) groups is 2. The molecule has 4 nitrogen and oxygen atoms in total. The third kappa shape index (κ3) is 11.2. The number of rotatable bonds is 7. The molecule has 2 aliphatic rings. The highest BCUT2D eigenvalue weighted by molar-refractivity contribution is 5.56. The van der Waals surface area contributed by atoms with Gasteiger partial charge in [-0.3, -0.25) is 0 Å². The molecule has 2 fully saturated rings. The quantitative estimate of drug-likeness (QED) is 0.309. The zero-order valence-electron chi connectivity index (χ0n) is 25.2. The molecule has 0 bridgehead atoms. The molecule has 41 heavy (non-hydrogen) atoms. The molecule has 0 radical (unpaired) electrons. The highest BCUT2D eigenvalue weighted by Gasteiger charge is 2.34. The van der Waals surface area contributed by atoms with Gasteiger partial charge in [0.15, 0.2) is 0 Å². The molecular weight excluding hydrogens is 532 g/mol. The second-order valence-corrected chi connectivity index (χ2v) is 10.9. The Bertz CT molecular complexity index is 987. The Balaban J connectivity index is 0.000000501. The Morgan fingerprint density at radius 1 is 0.927 bits per heavy atom. The fourth-order valence-corrected chi connectivity index (χ4v) is 5.39. The summed E-state index contributed by atoms with van der Waals surface area (Å²) in [5.74, 6) is 0.941. The van der Waals surface area contributed by atoms with Gasteiger partial charge in [-0.1, -0.05) is 62.7 Å². The Kier molecular flexibility index (Phi) is 16.5. The Morgan fingerprint density at radius 3 is 1.98 bits per heavy atom. The minimum atomic E-state index is -2.35. The average molecular weight is 581 g/mol. The molecule has 0 aliphatic carbocycles. The number of para-hydroxylation sites is 1. The number of aryl methyl sites for hydroxylation is 1. The van der Waals surface area contributed by atoms with Gasteiger partial charge in [-0.2, -0.15) is 0 Å². The zero-order valence-corrected chi connectivity index (χ0v) is 25.2. The van der Waals surface area contributed by atoms with Crippen LogP contribution in [0.25, 0.3) is 0 Å². The first-order chi connectivity index (χ1) is 19.7. The average Bonchev–Trinajstić information content (AvgIpc) is 3.01. The lowest BCUT2D eigenvalue weighted by molar-refractivity contribution is -0.0987. The molecule has 0 N–H and O–H groups in total. The molecule has 0 aromatic heterocycles. The molecule has 0 amide bonds. The van der Waals surface area contributed by atoms with Gasteiger partial charge >= 0.3 is 0 Å². The van der Waals surface area contributed by atoms with E-state index in [0.717, 1.165) is 68.8 Å². The lowest BCUT2D eigenvalue weighted by Crippen LogP contribution is -2.45. The molecule has 230 valence electrons. The Hall–Kier alpha value is -2.74. The van der Waals surface area contributed by atoms with E-state index in [1.54, 1.807) is 18.2 Å². The highest BCUT2D eigenvalue weighted by Crippen LogP contribution is 2.35. The normalized spacial score (nSPS) is 17.7. The fraction of sp³-hybridized carbons (Fsp3) is 0.576. The van der Waals surface area contributed by atoms with Crippen LogP contribution in [0.3, 0.4) is 0 Å². The number of anilines is 1. The molecule has 2 aliphatic heterocycles. The van der Waals surface area contributed by atoms with Gasteiger partial charge in [0.2, 0.25) is 0 Å². The Morgan fingerprint density at radius 2 is 1.49 bits per heavy atom. The number of hydrogen-bond donors (Lipinski definition) is 0. The van der Waals surface area contributed by atoms with Crippen LogP contribution in [-0.4, -0.2) is 56.9 Å². The highest BCUT2D eigenvalue weighted by atomic mass is 19.3. The van der Waals surface area contributed by atoms with Gasteiger partial charge in [0.05, 0.1) is 5.69 Å². The maximum absolute atomic E-state index is 14.6. The van der Waals surface area contributed by atoms with E-state index < -0.39 is 12.1 Å². The molecule has 1 unspecified atom stereocenters. The third-order valence-electron chi connectivity index (χ3n) is 8.32. The third-order valence-corrected chi connectivity index (χ3v) is 8.32. The number of halogens is 4. The molecule has 2 heterocycles. The maximum Gasteiger partial charge on any atom is 0.263 e. The smallest absolute Gasteiger partial charge is 0.263 e. The lowest BCUT2D eigenvalue weighted by atomic mass is 9.89. The lowest BCUT2D eigenvalue weighted by Gasteiger charge is -2.40. The van der Waals surface area contributed by atoms with Crippen molar-refractivity contribution in [3.8, 4) is 0 Å². The van der Waals surface area contributed by atoms with Crippen LogP contribution in [0.2, 0.25) is 0 Å².